The number of thiazole rings is 1. The van der Waals surface area contributed by atoms with Gasteiger partial charge in [0.25, 0.3) is 11.4 Å². The number of aromatic nitrogens is 2. The van der Waals surface area contributed by atoms with Crippen LogP contribution in [-0.2, 0) is 4.74 Å². The van der Waals surface area contributed by atoms with Gasteiger partial charge in [0.15, 0.2) is 0 Å². The molecule has 0 aliphatic carbocycles. The van der Waals surface area contributed by atoms with E-state index in [0.29, 0.717) is 22.2 Å². The average molecular weight is 417 g/mol. The first-order valence-electron chi connectivity index (χ1n) is 8.60. The maximum absolute atomic E-state index is 13.8. The monoisotopic (exact) mass is 416 g/mol. The molecule has 2 atom stereocenters. The van der Waals surface area contributed by atoms with Crippen molar-refractivity contribution >= 4 is 44.3 Å². The van der Waals surface area contributed by atoms with Crippen molar-refractivity contribution in [3.63, 3.8) is 0 Å². The van der Waals surface area contributed by atoms with Gasteiger partial charge in [-0.3, -0.25) is 4.65 Å². The van der Waals surface area contributed by atoms with E-state index in [1.807, 2.05) is 4.90 Å². The van der Waals surface area contributed by atoms with E-state index in [0.717, 1.165) is 4.70 Å². The molecule has 4 rings (SSSR count). The highest BCUT2D eigenvalue weighted by molar-refractivity contribution is 7.22. The first kappa shape index (κ1) is 19.0. The minimum Gasteiger partial charge on any atom is -0.622 e. The molecule has 2 unspecified atom stereocenters. The predicted molar refractivity (Wildman–Crippen MR) is 110 cm³/mol. The molecule has 3 heterocycles. The topological polar surface area (TPSA) is 78.4 Å². The van der Waals surface area contributed by atoms with Gasteiger partial charge in [-0.25, -0.2) is 14.7 Å². The fraction of sp³-hybridized carbons (Fsp3) is 0.211. The molecule has 1 aliphatic heterocycles. The lowest BCUT2D eigenvalue weighted by Gasteiger charge is -2.38. The number of hydroxylamine groups is 2. The van der Waals surface area contributed by atoms with E-state index < -0.39 is 16.8 Å². The van der Waals surface area contributed by atoms with Crippen molar-refractivity contribution in [1.82, 2.24) is 19.5 Å². The number of carbonyl (C=O) groups is 1. The van der Waals surface area contributed by atoms with Crippen molar-refractivity contribution < 1.29 is 9.53 Å². The van der Waals surface area contributed by atoms with Crippen LogP contribution >= 0.6 is 22.9 Å². The fourth-order valence-electron chi connectivity index (χ4n) is 3.14. The zero-order valence-electron chi connectivity index (χ0n) is 14.8. The lowest BCUT2D eigenvalue weighted by atomic mass is 10.3. The first-order chi connectivity index (χ1) is 13.5. The molecule has 1 saturated heterocycles. The lowest BCUT2D eigenvalue weighted by Crippen LogP contribution is -2.50. The molecule has 0 spiro atoms. The first-order valence-corrected chi connectivity index (χ1v) is 9.80. The quantitative estimate of drug-likeness (QED) is 0.272. The molecular weight excluding hydrogens is 400 g/mol. The van der Waals surface area contributed by atoms with Gasteiger partial charge < -0.3 is 9.94 Å². The van der Waals surface area contributed by atoms with Crippen molar-refractivity contribution in [3.05, 3.63) is 71.2 Å². The summed E-state index contributed by atoms with van der Waals surface area (Å²) in [5.41, 5.74) is 0.849. The second-order valence-corrected chi connectivity index (χ2v) is 7.89. The summed E-state index contributed by atoms with van der Waals surface area (Å²) in [5, 5.41) is 14.7. The van der Waals surface area contributed by atoms with E-state index in [1.165, 1.54) is 17.5 Å². The van der Waals surface area contributed by atoms with Crippen molar-refractivity contribution in [3.8, 4) is 0 Å². The Labute approximate surface area is 170 Å². The summed E-state index contributed by atoms with van der Waals surface area (Å²) in [6.45, 7) is 4.63. The number of nitrogens with zero attached hydrogens (tertiary/aromatic N) is 4. The molecule has 0 N–H and O–H groups in total. The number of hydrogen-bond acceptors (Lipinski definition) is 7. The van der Waals surface area contributed by atoms with E-state index in [2.05, 4.69) is 16.5 Å². The number of halogens is 1. The number of benzene rings is 1. The Morgan fingerprint density at radius 3 is 3.07 bits per heavy atom. The van der Waals surface area contributed by atoms with Gasteiger partial charge >= 0.3 is 5.97 Å². The van der Waals surface area contributed by atoms with Crippen LogP contribution in [0.15, 0.2) is 55.3 Å². The number of quaternary nitrogens is 1. The average Bonchev–Trinajstić information content (AvgIpc) is 3.24. The number of rotatable bonds is 5. The predicted octanol–water partition coefficient (Wildman–Crippen LogP) is 3.79. The highest BCUT2D eigenvalue weighted by atomic mass is 35.5. The van der Waals surface area contributed by atoms with Crippen molar-refractivity contribution in [2.75, 3.05) is 19.8 Å². The van der Waals surface area contributed by atoms with E-state index in [4.69, 9.17) is 16.3 Å². The molecule has 0 radical (unpaired) electrons. The molecule has 1 aromatic carbocycles. The minimum atomic E-state index is -0.953. The highest BCUT2D eigenvalue weighted by Gasteiger charge is 2.46. The Hall–Kier alpha value is -2.36. The molecule has 9 heteroatoms. The van der Waals surface area contributed by atoms with Crippen molar-refractivity contribution in [2.45, 2.75) is 6.23 Å². The summed E-state index contributed by atoms with van der Waals surface area (Å²) >= 11 is 7.31. The Bertz CT molecular complexity index is 1030. The Kier molecular flexibility index (Phi) is 5.13. The molecule has 0 bridgehead atoms. The van der Waals surface area contributed by atoms with Crippen LogP contribution in [0.3, 0.4) is 0 Å². The Morgan fingerprint density at radius 1 is 1.46 bits per heavy atom. The van der Waals surface area contributed by atoms with Crippen molar-refractivity contribution in [1.29, 1.82) is 0 Å². The Morgan fingerprint density at radius 2 is 2.32 bits per heavy atom. The summed E-state index contributed by atoms with van der Waals surface area (Å²) in [6.07, 6.45) is 2.27. The maximum Gasteiger partial charge on any atom is 0.361 e. The maximum atomic E-state index is 13.8. The molecule has 2 aromatic heterocycles. The van der Waals surface area contributed by atoms with Gasteiger partial charge in [-0.15, -0.1) is 6.58 Å². The van der Waals surface area contributed by atoms with Crippen LogP contribution in [0.2, 0.25) is 5.02 Å². The second-order valence-electron chi connectivity index (χ2n) is 6.45. The minimum absolute atomic E-state index is 0.111. The number of ether oxygens (including phenoxy) is 1. The second kappa shape index (κ2) is 7.57. The molecule has 0 amide bonds. The van der Waals surface area contributed by atoms with Crippen LogP contribution in [0.1, 0.15) is 10.5 Å². The van der Waals surface area contributed by atoms with Crippen LogP contribution in [-0.4, -0.2) is 46.8 Å². The van der Waals surface area contributed by atoms with E-state index in [1.54, 1.807) is 42.5 Å². The molecule has 144 valence electrons. The molecule has 3 aromatic rings. The third-order valence-corrected chi connectivity index (χ3v) is 5.82. The highest BCUT2D eigenvalue weighted by Crippen LogP contribution is 2.38. The summed E-state index contributed by atoms with van der Waals surface area (Å²) in [7, 11) is 0. The molecule has 7 nitrogen and oxygen atoms in total. The van der Waals surface area contributed by atoms with Crippen LogP contribution in [0, 0.1) is 5.21 Å². The fourth-order valence-corrected chi connectivity index (χ4v) is 4.45. The molecule has 0 saturated carbocycles. The number of carbonyl (C=O) groups excluding carboxylic acids is 1. The lowest BCUT2D eigenvalue weighted by molar-refractivity contribution is 0.00506. The van der Waals surface area contributed by atoms with Crippen LogP contribution in [0.25, 0.3) is 10.2 Å². The third-order valence-electron chi connectivity index (χ3n) is 4.46. The summed E-state index contributed by atoms with van der Waals surface area (Å²) in [4.78, 5) is 22.9. The summed E-state index contributed by atoms with van der Waals surface area (Å²) in [6, 6.07) is 10.2. The largest absolute Gasteiger partial charge is 0.622 e. The summed E-state index contributed by atoms with van der Waals surface area (Å²) < 4.78 is 5.53. The van der Waals surface area contributed by atoms with Crippen LogP contribution in [0.5, 0.6) is 0 Å². The molecule has 1 aliphatic rings. The van der Waals surface area contributed by atoms with Gasteiger partial charge in [-0.2, -0.15) is 4.98 Å². The normalized spacial score (nSPS) is 22.4. The number of pyridine rings is 1. The van der Waals surface area contributed by atoms with Crippen LogP contribution in [0.4, 0.5) is 5.13 Å². The van der Waals surface area contributed by atoms with E-state index in [-0.39, 0.29) is 18.9 Å². The van der Waals surface area contributed by atoms with Gasteiger partial charge in [0, 0.05) is 17.8 Å². The van der Waals surface area contributed by atoms with E-state index >= 15 is 0 Å². The number of esters is 1. The number of hydrogen-bond donors (Lipinski definition) is 0. The third kappa shape index (κ3) is 3.52. The van der Waals surface area contributed by atoms with Gasteiger partial charge in [-0.05, 0) is 30.3 Å². The molecular formula is C19H17ClN4O3S. The molecule has 28 heavy (non-hydrogen) atoms. The van der Waals surface area contributed by atoms with Crippen molar-refractivity contribution in [2.24, 2.45) is 0 Å². The summed E-state index contributed by atoms with van der Waals surface area (Å²) in [5.74, 6) is -0.631. The standard InChI is InChI=1S/C19H17ClN4O3S/c1-2-9-23-11-17(27-18(25)15-5-3-4-8-21-15)24(26,12-23)19-22-14-7-6-13(20)10-16(14)28-19/h2-8,10,17H,1,9,11-12H2. The van der Waals surface area contributed by atoms with Gasteiger partial charge in [0.05, 0.1) is 16.8 Å². The van der Waals surface area contributed by atoms with Gasteiger partial charge in [0.2, 0.25) is 0 Å². The van der Waals surface area contributed by atoms with Crippen LogP contribution < -0.4 is 4.65 Å². The Balaban J connectivity index is 1.67. The molecule has 1 fully saturated rings. The van der Waals surface area contributed by atoms with Gasteiger partial charge in [-0.1, -0.05) is 35.1 Å². The zero-order valence-corrected chi connectivity index (χ0v) is 16.4. The smallest absolute Gasteiger partial charge is 0.361 e. The van der Waals surface area contributed by atoms with Gasteiger partial charge in [0.1, 0.15) is 12.4 Å². The SMILES string of the molecule is C=CCN1CC(OC(=O)c2ccccn2)[N+]([O-])(c2nc3ccc(Cl)cc3s2)C1. The zero-order chi connectivity index (χ0) is 19.7. The van der Waals surface area contributed by atoms with E-state index in [9.17, 15) is 10.0 Å². The number of fused-ring (bicyclic) bond motifs is 1.